The van der Waals surface area contributed by atoms with Crippen LogP contribution < -0.4 is 14.8 Å². The van der Waals surface area contributed by atoms with Gasteiger partial charge in [0.2, 0.25) is 0 Å². The quantitative estimate of drug-likeness (QED) is 0.656. The molecule has 1 amide bonds. The lowest BCUT2D eigenvalue weighted by molar-refractivity contribution is -0.144. The van der Waals surface area contributed by atoms with Gasteiger partial charge in [-0.3, -0.25) is 10.1 Å². The summed E-state index contributed by atoms with van der Waals surface area (Å²) in [7, 11) is 4.53. The van der Waals surface area contributed by atoms with Gasteiger partial charge in [0.1, 0.15) is 23.7 Å². The first-order chi connectivity index (χ1) is 14.9. The van der Waals surface area contributed by atoms with E-state index in [-0.39, 0.29) is 5.91 Å². The van der Waals surface area contributed by atoms with Crippen LogP contribution in [0.3, 0.4) is 0 Å². The van der Waals surface area contributed by atoms with Crippen molar-refractivity contribution >= 4 is 11.9 Å². The Morgan fingerprint density at radius 3 is 2.32 bits per heavy atom. The molecule has 0 aromatic heterocycles. The minimum Gasteiger partial charge on any atom is -0.497 e. The normalized spacial score (nSPS) is 17.0. The Balaban J connectivity index is 1.90. The number of esters is 1. The summed E-state index contributed by atoms with van der Waals surface area (Å²) in [6.07, 6.45) is -0.454. The number of methoxy groups -OCH3 is 3. The van der Waals surface area contributed by atoms with Crippen molar-refractivity contribution in [2.75, 3.05) is 21.3 Å². The maximum Gasteiger partial charge on any atom is 0.327 e. The minimum atomic E-state index is -0.767. The predicted octanol–water partition coefficient (Wildman–Crippen LogP) is 3.21. The third-order valence-corrected chi connectivity index (χ3v) is 5.60. The van der Waals surface area contributed by atoms with Crippen molar-refractivity contribution in [3.8, 4) is 11.5 Å². The van der Waals surface area contributed by atoms with Crippen molar-refractivity contribution < 1.29 is 23.8 Å². The van der Waals surface area contributed by atoms with Gasteiger partial charge in [-0.05, 0) is 54.8 Å². The molecule has 1 heterocycles. The van der Waals surface area contributed by atoms with Gasteiger partial charge in [-0.25, -0.2) is 4.79 Å². The van der Waals surface area contributed by atoms with E-state index in [2.05, 4.69) is 5.32 Å². The van der Waals surface area contributed by atoms with Crippen molar-refractivity contribution in [1.82, 2.24) is 10.2 Å². The van der Waals surface area contributed by atoms with Crippen LogP contribution in [-0.2, 0) is 20.9 Å². The van der Waals surface area contributed by atoms with Crippen molar-refractivity contribution in [3.05, 3.63) is 70.8 Å². The zero-order chi connectivity index (χ0) is 22.5. The average Bonchev–Trinajstić information content (AvgIpc) is 3.00. The number of carbonyl (C=O) groups is 2. The number of hydrogen-bond acceptors (Lipinski definition) is 6. The van der Waals surface area contributed by atoms with E-state index in [4.69, 9.17) is 14.2 Å². The molecule has 0 bridgehead atoms. The standard InChI is InChI=1S/C24H28N2O5/c1-15-16(2)23(27)26(14-17-9-11-19(29-3)12-10-17)22(15)25-21(24(28)31-5)18-7-6-8-20(13-18)30-4/h6-13,21-22,25H,14H2,1-5H3/t21-,22+/m0/s1. The maximum atomic E-state index is 13.0. The molecule has 0 spiro atoms. The van der Waals surface area contributed by atoms with Crippen molar-refractivity contribution in [3.63, 3.8) is 0 Å². The van der Waals surface area contributed by atoms with Crippen LogP contribution >= 0.6 is 0 Å². The molecular weight excluding hydrogens is 396 g/mol. The van der Waals surface area contributed by atoms with E-state index in [0.29, 0.717) is 23.4 Å². The van der Waals surface area contributed by atoms with Crippen LogP contribution in [0.1, 0.15) is 31.0 Å². The third kappa shape index (κ3) is 4.72. The van der Waals surface area contributed by atoms with Gasteiger partial charge in [0.05, 0.1) is 21.3 Å². The highest BCUT2D eigenvalue weighted by Crippen LogP contribution is 2.29. The fourth-order valence-corrected chi connectivity index (χ4v) is 3.64. The molecule has 1 aliphatic heterocycles. The SMILES string of the molecule is COC(=O)[C@@H](N[C@H]1C(C)=C(C)C(=O)N1Cc1ccc(OC)cc1)c1cccc(OC)c1. The molecule has 7 heteroatoms. The van der Waals surface area contributed by atoms with E-state index in [1.165, 1.54) is 7.11 Å². The Labute approximate surface area is 182 Å². The summed E-state index contributed by atoms with van der Waals surface area (Å²) < 4.78 is 15.6. The second-order valence-electron chi connectivity index (χ2n) is 7.39. The van der Waals surface area contributed by atoms with Crippen molar-refractivity contribution in [1.29, 1.82) is 0 Å². The molecule has 2 atom stereocenters. The number of benzene rings is 2. The lowest BCUT2D eigenvalue weighted by Crippen LogP contribution is -2.48. The fourth-order valence-electron chi connectivity index (χ4n) is 3.64. The summed E-state index contributed by atoms with van der Waals surface area (Å²) >= 11 is 0. The summed E-state index contributed by atoms with van der Waals surface area (Å²) in [6, 6.07) is 14.0. The summed E-state index contributed by atoms with van der Waals surface area (Å²) in [5, 5.41) is 3.33. The highest BCUT2D eigenvalue weighted by atomic mass is 16.5. The van der Waals surface area contributed by atoms with Gasteiger partial charge in [0.25, 0.3) is 5.91 Å². The molecule has 164 valence electrons. The van der Waals surface area contributed by atoms with Crippen LogP contribution in [-0.4, -0.2) is 44.3 Å². The summed E-state index contributed by atoms with van der Waals surface area (Å²) in [6.45, 7) is 4.10. The molecule has 1 N–H and O–H groups in total. The zero-order valence-electron chi connectivity index (χ0n) is 18.5. The Morgan fingerprint density at radius 1 is 1.03 bits per heavy atom. The van der Waals surface area contributed by atoms with Crippen molar-refractivity contribution in [2.45, 2.75) is 32.6 Å². The summed E-state index contributed by atoms with van der Waals surface area (Å²) in [5.74, 6) is 0.872. The number of rotatable bonds is 8. The first-order valence-corrected chi connectivity index (χ1v) is 9.98. The topological polar surface area (TPSA) is 77.1 Å². The molecular formula is C24H28N2O5. The molecule has 0 fully saturated rings. The van der Waals surface area contributed by atoms with Crippen LogP contribution in [0.2, 0.25) is 0 Å². The zero-order valence-corrected chi connectivity index (χ0v) is 18.5. The second kappa shape index (κ2) is 9.66. The molecule has 1 aliphatic rings. The first-order valence-electron chi connectivity index (χ1n) is 9.98. The van der Waals surface area contributed by atoms with Crippen LogP contribution in [0.15, 0.2) is 59.7 Å². The van der Waals surface area contributed by atoms with E-state index in [0.717, 1.165) is 16.9 Å². The number of nitrogens with one attached hydrogen (secondary N) is 1. The molecule has 7 nitrogen and oxygen atoms in total. The predicted molar refractivity (Wildman–Crippen MR) is 117 cm³/mol. The van der Waals surface area contributed by atoms with E-state index >= 15 is 0 Å². The fraction of sp³-hybridized carbons (Fsp3) is 0.333. The third-order valence-electron chi connectivity index (χ3n) is 5.60. The van der Waals surface area contributed by atoms with Gasteiger partial charge in [-0.2, -0.15) is 0 Å². The second-order valence-corrected chi connectivity index (χ2v) is 7.39. The molecule has 0 saturated heterocycles. The van der Waals surface area contributed by atoms with E-state index in [9.17, 15) is 9.59 Å². The Bertz CT molecular complexity index is 984. The molecule has 0 saturated carbocycles. The smallest absolute Gasteiger partial charge is 0.327 e. The Morgan fingerprint density at radius 2 is 1.71 bits per heavy atom. The number of nitrogens with zero attached hydrogens (tertiary/aromatic N) is 1. The maximum absolute atomic E-state index is 13.0. The molecule has 31 heavy (non-hydrogen) atoms. The van der Waals surface area contributed by atoms with Gasteiger partial charge in [0, 0.05) is 12.1 Å². The van der Waals surface area contributed by atoms with Crippen LogP contribution in [0.4, 0.5) is 0 Å². The first kappa shape index (κ1) is 22.4. The number of ether oxygens (including phenoxy) is 3. The summed E-state index contributed by atoms with van der Waals surface area (Å²) in [5.41, 5.74) is 3.19. The van der Waals surface area contributed by atoms with Crippen LogP contribution in [0.5, 0.6) is 11.5 Å². The van der Waals surface area contributed by atoms with Crippen molar-refractivity contribution in [2.24, 2.45) is 0 Å². The lowest BCUT2D eigenvalue weighted by atomic mass is 10.0. The van der Waals surface area contributed by atoms with Gasteiger partial charge in [-0.15, -0.1) is 0 Å². The Hall–Kier alpha value is -3.32. The molecule has 0 aliphatic carbocycles. The highest BCUT2D eigenvalue weighted by Gasteiger charge is 2.38. The lowest BCUT2D eigenvalue weighted by Gasteiger charge is -2.31. The largest absolute Gasteiger partial charge is 0.497 e. The molecule has 0 unspecified atom stereocenters. The van der Waals surface area contributed by atoms with E-state index in [1.807, 2.05) is 49.4 Å². The molecule has 2 aromatic carbocycles. The summed E-state index contributed by atoms with van der Waals surface area (Å²) in [4.78, 5) is 27.3. The number of amides is 1. The van der Waals surface area contributed by atoms with Crippen LogP contribution in [0, 0.1) is 0 Å². The molecule has 0 radical (unpaired) electrons. The van der Waals surface area contributed by atoms with Gasteiger partial charge < -0.3 is 19.1 Å². The van der Waals surface area contributed by atoms with E-state index < -0.39 is 18.2 Å². The molecule has 3 rings (SSSR count). The monoisotopic (exact) mass is 424 g/mol. The van der Waals surface area contributed by atoms with Crippen LogP contribution in [0.25, 0.3) is 0 Å². The van der Waals surface area contributed by atoms with Gasteiger partial charge >= 0.3 is 5.97 Å². The molecule has 2 aromatic rings. The van der Waals surface area contributed by atoms with Gasteiger partial charge in [-0.1, -0.05) is 24.3 Å². The number of carbonyl (C=O) groups excluding carboxylic acids is 2. The van der Waals surface area contributed by atoms with E-state index in [1.54, 1.807) is 32.1 Å². The highest BCUT2D eigenvalue weighted by molar-refractivity contribution is 5.97. The number of hydrogen-bond donors (Lipinski definition) is 1. The average molecular weight is 424 g/mol. The minimum absolute atomic E-state index is 0.0694. The Kier molecular flexibility index (Phi) is 6.97. The van der Waals surface area contributed by atoms with Gasteiger partial charge in [0.15, 0.2) is 0 Å².